The maximum Gasteiger partial charge on any atom is 0.417 e. The Bertz CT molecular complexity index is 1080. The Labute approximate surface area is 177 Å². The molecule has 0 radical (unpaired) electrons. The van der Waals surface area contributed by atoms with E-state index in [0.717, 1.165) is 24.3 Å². The van der Waals surface area contributed by atoms with Gasteiger partial charge in [0.15, 0.2) is 0 Å². The van der Waals surface area contributed by atoms with E-state index in [-0.39, 0.29) is 23.6 Å². The molecular weight excluding hydrogens is 451 g/mol. The fraction of sp³-hybridized carbons (Fsp3) is 0.143. The van der Waals surface area contributed by atoms with Crippen LogP contribution in [0.3, 0.4) is 0 Å². The van der Waals surface area contributed by atoms with E-state index >= 15 is 0 Å². The summed E-state index contributed by atoms with van der Waals surface area (Å²) in [7, 11) is 0. The molecule has 164 valence electrons. The number of hydrogen-bond acceptors (Lipinski definition) is 2. The van der Waals surface area contributed by atoms with Crippen LogP contribution in [0.5, 0.6) is 11.5 Å². The van der Waals surface area contributed by atoms with E-state index in [9.17, 15) is 30.7 Å². The molecule has 0 aliphatic carbocycles. The molecule has 1 N–H and O–H groups in total. The third-order valence-corrected chi connectivity index (χ3v) is 4.51. The molecule has 0 aliphatic heterocycles. The maximum atomic E-state index is 13.9. The quantitative estimate of drug-likeness (QED) is 0.388. The van der Waals surface area contributed by atoms with Crippen LogP contribution >= 0.6 is 11.6 Å². The first-order valence-electron chi connectivity index (χ1n) is 8.67. The van der Waals surface area contributed by atoms with Crippen LogP contribution in [0.15, 0.2) is 60.7 Å². The molecule has 0 aromatic heterocycles. The lowest BCUT2D eigenvalue weighted by Gasteiger charge is -2.13. The van der Waals surface area contributed by atoms with Crippen molar-refractivity contribution in [2.24, 2.45) is 0 Å². The van der Waals surface area contributed by atoms with Gasteiger partial charge in [-0.2, -0.15) is 26.3 Å². The van der Waals surface area contributed by atoms with Crippen molar-refractivity contribution in [1.82, 2.24) is 0 Å². The van der Waals surface area contributed by atoms with E-state index in [4.69, 9.17) is 16.3 Å². The van der Waals surface area contributed by atoms with Gasteiger partial charge in [0.1, 0.15) is 17.3 Å². The van der Waals surface area contributed by atoms with Gasteiger partial charge in [-0.1, -0.05) is 23.7 Å². The first-order valence-corrected chi connectivity index (χ1v) is 9.05. The summed E-state index contributed by atoms with van der Waals surface area (Å²) in [5, 5.41) is 2.36. The lowest BCUT2D eigenvalue weighted by molar-refractivity contribution is -0.138. The summed E-state index contributed by atoms with van der Waals surface area (Å²) >= 11 is 5.58. The Morgan fingerprint density at radius 3 is 2.16 bits per heavy atom. The highest BCUT2D eigenvalue weighted by atomic mass is 35.5. The number of benzene rings is 3. The summed E-state index contributed by atoms with van der Waals surface area (Å²) in [5.74, 6) is -0.924. The first-order chi connectivity index (χ1) is 14.4. The molecule has 0 bridgehead atoms. The molecule has 0 aliphatic rings. The predicted octanol–water partition coefficient (Wildman–Crippen LogP) is 7.92. The minimum absolute atomic E-state index is 0.00633. The number of rotatable bonds is 5. The Kier molecular flexibility index (Phi) is 6.35. The molecule has 3 aromatic rings. The fourth-order valence-electron chi connectivity index (χ4n) is 2.66. The van der Waals surface area contributed by atoms with Gasteiger partial charge in [0.2, 0.25) is 0 Å². The number of hydrogen-bond donors (Lipinski definition) is 1. The van der Waals surface area contributed by atoms with E-state index in [2.05, 4.69) is 5.32 Å². The minimum Gasteiger partial charge on any atom is -0.457 e. The lowest BCUT2D eigenvalue weighted by Crippen LogP contribution is -2.08. The fourth-order valence-corrected chi connectivity index (χ4v) is 2.88. The molecule has 3 aromatic carbocycles. The maximum absolute atomic E-state index is 13.9. The van der Waals surface area contributed by atoms with Crippen LogP contribution in [0.1, 0.15) is 16.7 Å². The van der Waals surface area contributed by atoms with Gasteiger partial charge in [-0.15, -0.1) is 0 Å². The SMILES string of the molecule is Fc1cc(C(F)(F)F)ccc1CNc1cccc(Oc2ccc(Cl)c(C(F)(F)F)c2)c1. The second-order valence-electron chi connectivity index (χ2n) is 6.43. The number of halogens is 8. The van der Waals surface area contributed by atoms with E-state index in [0.29, 0.717) is 11.8 Å². The Hall–Kier alpha value is -2.94. The van der Waals surface area contributed by atoms with Gasteiger partial charge in [-0.05, 0) is 42.5 Å². The normalized spacial score (nSPS) is 12.0. The number of nitrogens with one attached hydrogen (secondary N) is 1. The van der Waals surface area contributed by atoms with E-state index < -0.39 is 34.3 Å². The zero-order valence-electron chi connectivity index (χ0n) is 15.4. The van der Waals surface area contributed by atoms with Crippen molar-refractivity contribution in [2.75, 3.05) is 5.32 Å². The summed E-state index contributed by atoms with van der Waals surface area (Å²) in [6.07, 6.45) is -9.29. The average Bonchev–Trinajstić information content (AvgIpc) is 2.67. The highest BCUT2D eigenvalue weighted by molar-refractivity contribution is 6.31. The number of anilines is 1. The largest absolute Gasteiger partial charge is 0.457 e. The monoisotopic (exact) mass is 463 g/mol. The summed E-state index contributed by atoms with van der Waals surface area (Å²) in [6.45, 7) is -0.118. The zero-order chi connectivity index (χ0) is 22.8. The zero-order valence-corrected chi connectivity index (χ0v) is 16.2. The van der Waals surface area contributed by atoms with Crippen molar-refractivity contribution in [3.05, 3.63) is 88.2 Å². The number of alkyl halides is 6. The second-order valence-corrected chi connectivity index (χ2v) is 6.83. The summed E-state index contributed by atoms with van der Waals surface area (Å²) < 4.78 is 96.2. The van der Waals surface area contributed by atoms with Gasteiger partial charge >= 0.3 is 12.4 Å². The topological polar surface area (TPSA) is 21.3 Å². The predicted molar refractivity (Wildman–Crippen MR) is 102 cm³/mol. The lowest BCUT2D eigenvalue weighted by atomic mass is 10.1. The van der Waals surface area contributed by atoms with E-state index in [1.54, 1.807) is 12.1 Å². The van der Waals surface area contributed by atoms with Crippen LogP contribution in [-0.4, -0.2) is 0 Å². The summed E-state index contributed by atoms with van der Waals surface area (Å²) in [6, 6.07) is 11.4. The molecule has 0 spiro atoms. The van der Waals surface area contributed by atoms with Crippen LogP contribution in [0.2, 0.25) is 5.02 Å². The van der Waals surface area contributed by atoms with Crippen LogP contribution < -0.4 is 10.1 Å². The van der Waals surface area contributed by atoms with Crippen LogP contribution in [-0.2, 0) is 18.9 Å². The van der Waals surface area contributed by atoms with Crippen LogP contribution in [0.4, 0.5) is 36.4 Å². The highest BCUT2D eigenvalue weighted by Crippen LogP contribution is 2.38. The van der Waals surface area contributed by atoms with Gasteiger partial charge in [0.25, 0.3) is 0 Å². The molecular formula is C21H13ClF7NO. The smallest absolute Gasteiger partial charge is 0.417 e. The standard InChI is InChI=1S/C21H13ClF7NO/c22-18-7-6-16(10-17(18)21(27,28)29)31-15-3-1-2-14(9-15)30-11-12-4-5-13(8-19(12)23)20(24,25)26/h1-10,30H,11H2. The third kappa shape index (κ3) is 5.81. The van der Waals surface area contributed by atoms with Gasteiger partial charge in [0, 0.05) is 23.9 Å². The summed E-state index contributed by atoms with van der Waals surface area (Å²) in [5.41, 5.74) is -1.71. The van der Waals surface area contributed by atoms with Crippen molar-refractivity contribution in [3.8, 4) is 11.5 Å². The van der Waals surface area contributed by atoms with E-state index in [1.165, 1.54) is 18.2 Å². The Morgan fingerprint density at radius 2 is 1.52 bits per heavy atom. The molecule has 0 atom stereocenters. The Balaban J connectivity index is 1.72. The molecule has 0 saturated heterocycles. The third-order valence-electron chi connectivity index (χ3n) is 4.18. The van der Waals surface area contributed by atoms with E-state index in [1.807, 2.05) is 0 Å². The highest BCUT2D eigenvalue weighted by Gasteiger charge is 2.33. The molecule has 0 unspecified atom stereocenters. The molecule has 2 nitrogen and oxygen atoms in total. The summed E-state index contributed by atoms with van der Waals surface area (Å²) in [4.78, 5) is 0. The van der Waals surface area contributed by atoms with Gasteiger partial charge in [-0.25, -0.2) is 4.39 Å². The van der Waals surface area contributed by atoms with Crippen molar-refractivity contribution < 1.29 is 35.5 Å². The van der Waals surface area contributed by atoms with Crippen molar-refractivity contribution in [2.45, 2.75) is 18.9 Å². The molecule has 31 heavy (non-hydrogen) atoms. The molecule has 10 heteroatoms. The molecule has 0 saturated carbocycles. The second kappa shape index (κ2) is 8.66. The molecule has 0 fully saturated rings. The minimum atomic E-state index is -4.65. The Morgan fingerprint density at radius 1 is 0.806 bits per heavy atom. The molecule has 0 heterocycles. The van der Waals surface area contributed by atoms with Gasteiger partial charge in [-0.3, -0.25) is 0 Å². The number of ether oxygens (including phenoxy) is 1. The average molecular weight is 464 g/mol. The van der Waals surface area contributed by atoms with Gasteiger partial charge < -0.3 is 10.1 Å². The van der Waals surface area contributed by atoms with Crippen molar-refractivity contribution in [3.63, 3.8) is 0 Å². The first kappa shape index (κ1) is 22.7. The van der Waals surface area contributed by atoms with Crippen molar-refractivity contribution >= 4 is 17.3 Å². The van der Waals surface area contributed by atoms with Crippen LogP contribution in [0, 0.1) is 5.82 Å². The molecule has 3 rings (SSSR count). The van der Waals surface area contributed by atoms with Gasteiger partial charge in [0.05, 0.1) is 16.1 Å². The molecule has 0 amide bonds. The van der Waals surface area contributed by atoms with Crippen molar-refractivity contribution in [1.29, 1.82) is 0 Å². The van der Waals surface area contributed by atoms with Crippen LogP contribution in [0.25, 0.3) is 0 Å².